The Balaban J connectivity index is 1.31. The number of anilines is 1. The van der Waals surface area contributed by atoms with Gasteiger partial charge in [-0.15, -0.1) is 10.2 Å². The van der Waals surface area contributed by atoms with E-state index in [0.717, 1.165) is 22.6 Å². The molecule has 268 valence electrons. The molecule has 0 saturated carbocycles. The molecule has 50 heavy (non-hydrogen) atoms. The highest BCUT2D eigenvalue weighted by Gasteiger charge is 2.31. The molecule has 0 aliphatic heterocycles. The number of benzene rings is 1. The average Bonchev–Trinajstić information content (AvgIpc) is 3.48. The minimum absolute atomic E-state index is 0.00401. The highest BCUT2D eigenvalue weighted by molar-refractivity contribution is 5.92. The van der Waals surface area contributed by atoms with Gasteiger partial charge in [0.1, 0.15) is 23.5 Å². The van der Waals surface area contributed by atoms with E-state index in [1.807, 2.05) is 101 Å². The van der Waals surface area contributed by atoms with E-state index >= 15 is 0 Å². The molecule has 2 atom stereocenters. The van der Waals surface area contributed by atoms with Gasteiger partial charge in [-0.25, -0.2) is 14.8 Å². The van der Waals surface area contributed by atoms with Gasteiger partial charge in [-0.3, -0.25) is 14.5 Å². The van der Waals surface area contributed by atoms with Crippen molar-refractivity contribution in [1.82, 2.24) is 40.1 Å². The average molecular weight is 686 g/mol. The van der Waals surface area contributed by atoms with E-state index < -0.39 is 11.9 Å². The predicted molar refractivity (Wildman–Crippen MR) is 193 cm³/mol. The number of hydrogen-bond donors (Lipinski definition) is 3. The fourth-order valence-electron chi connectivity index (χ4n) is 5.86. The van der Waals surface area contributed by atoms with E-state index in [-0.39, 0.29) is 40.2 Å². The first kappa shape index (κ1) is 36.7. The first-order chi connectivity index (χ1) is 23.5. The number of ether oxygens (including phenoxy) is 2. The minimum atomic E-state index is -0.424. The van der Waals surface area contributed by atoms with Gasteiger partial charge in [0.25, 0.3) is 5.91 Å². The molecule has 3 N–H and O–H groups in total. The minimum Gasteiger partial charge on any atom is -0.484 e. The van der Waals surface area contributed by atoms with Crippen molar-refractivity contribution < 1.29 is 19.1 Å². The van der Waals surface area contributed by atoms with Crippen LogP contribution in [0, 0.1) is 0 Å². The number of nitrogens with one attached hydrogen (secondary N) is 3. The fraction of sp³-hybridized carbons (Fsp3) is 0.514. The standard InChI is InChI=1S/C37H51N9O4/c1-35(2,3)28-19-29(41-31(40-28)32(47)38-21-37(6,7)45(8)9)42-34(48)39-26-16-17-27(25-14-12-11-13-24(25)26)50-23-15-18-30-43-44-33(46(30)20-23)36(4,5)22-49-10/h11-15,18-20,26-27H,16-17,21-22H2,1-10H3,(H,38,47)(H2,39,40,41,42,48)/t26-,27+/m0/s1. The van der Waals surface area contributed by atoms with Gasteiger partial charge in [0, 0.05) is 36.1 Å². The van der Waals surface area contributed by atoms with Crippen molar-refractivity contribution >= 4 is 23.4 Å². The highest BCUT2D eigenvalue weighted by Crippen LogP contribution is 2.39. The second-order valence-corrected chi connectivity index (χ2v) is 15.5. The van der Waals surface area contributed by atoms with Gasteiger partial charge < -0.3 is 25.0 Å². The molecule has 4 aromatic rings. The Bertz CT molecular complexity index is 1840. The number of hydrogen-bond acceptors (Lipinski definition) is 9. The van der Waals surface area contributed by atoms with E-state index in [1.165, 1.54) is 0 Å². The van der Waals surface area contributed by atoms with Crippen LogP contribution in [0.3, 0.4) is 0 Å². The van der Waals surface area contributed by atoms with E-state index in [1.54, 1.807) is 13.2 Å². The summed E-state index contributed by atoms with van der Waals surface area (Å²) in [5.41, 5.74) is 2.36. The Morgan fingerprint density at radius 1 is 0.960 bits per heavy atom. The number of carbonyl (C=O) groups is 2. The molecule has 0 saturated heterocycles. The molecule has 5 rings (SSSR count). The maximum absolute atomic E-state index is 13.5. The molecule has 13 nitrogen and oxygen atoms in total. The number of methoxy groups -OCH3 is 1. The van der Waals surface area contributed by atoms with E-state index in [4.69, 9.17) is 9.47 Å². The number of carbonyl (C=O) groups excluding carboxylic acids is 2. The SMILES string of the molecule is COCC(C)(C)c1nnc2ccc(O[C@@H]3CC[C@H](NC(=O)Nc4cc(C(C)(C)C)nc(C(=O)NCC(C)(C)N(C)C)n4)c4ccccc43)cn12. The Kier molecular flexibility index (Phi) is 10.5. The van der Waals surface area contributed by atoms with Crippen molar-refractivity contribution in [3.63, 3.8) is 0 Å². The molecular formula is C37H51N9O4. The van der Waals surface area contributed by atoms with Crippen molar-refractivity contribution in [3.8, 4) is 5.75 Å². The fourth-order valence-corrected chi connectivity index (χ4v) is 5.86. The van der Waals surface area contributed by atoms with Crippen LogP contribution in [0.2, 0.25) is 0 Å². The number of likely N-dealkylation sites (N-methyl/N-ethyl adjacent to an activating group) is 1. The lowest BCUT2D eigenvalue weighted by molar-refractivity contribution is 0.0909. The molecule has 0 spiro atoms. The highest BCUT2D eigenvalue weighted by atomic mass is 16.5. The second kappa shape index (κ2) is 14.3. The van der Waals surface area contributed by atoms with Crippen LogP contribution < -0.4 is 20.7 Å². The number of fused-ring (bicyclic) bond motifs is 2. The smallest absolute Gasteiger partial charge is 0.320 e. The Labute approximate surface area is 294 Å². The van der Waals surface area contributed by atoms with Gasteiger partial charge in [0.2, 0.25) is 5.82 Å². The van der Waals surface area contributed by atoms with Crippen LogP contribution in [-0.2, 0) is 15.6 Å². The molecular weight excluding hydrogens is 634 g/mol. The van der Waals surface area contributed by atoms with Crippen LogP contribution in [0.5, 0.6) is 5.75 Å². The lowest BCUT2D eigenvalue weighted by atomic mass is 9.85. The van der Waals surface area contributed by atoms with E-state index in [2.05, 4.69) is 50.0 Å². The number of rotatable bonds is 11. The van der Waals surface area contributed by atoms with Gasteiger partial charge in [0.05, 0.1) is 24.5 Å². The number of amides is 3. The molecule has 1 aromatic carbocycles. The molecule has 3 heterocycles. The van der Waals surface area contributed by atoms with Crippen LogP contribution in [0.1, 0.15) is 107 Å². The molecule has 0 bridgehead atoms. The molecule has 0 radical (unpaired) electrons. The first-order valence-electron chi connectivity index (χ1n) is 17.0. The summed E-state index contributed by atoms with van der Waals surface area (Å²) < 4.78 is 14.0. The molecule has 3 aromatic heterocycles. The van der Waals surface area contributed by atoms with Crippen LogP contribution in [0.15, 0.2) is 48.7 Å². The lowest BCUT2D eigenvalue weighted by Gasteiger charge is -2.32. The van der Waals surface area contributed by atoms with Gasteiger partial charge in [0.15, 0.2) is 5.65 Å². The van der Waals surface area contributed by atoms with Gasteiger partial charge in [-0.2, -0.15) is 0 Å². The summed E-state index contributed by atoms with van der Waals surface area (Å²) in [6.45, 7) is 15.1. The second-order valence-electron chi connectivity index (χ2n) is 15.5. The molecule has 1 aliphatic rings. The zero-order valence-corrected chi connectivity index (χ0v) is 30.9. The van der Waals surface area contributed by atoms with Crippen molar-refractivity contribution in [1.29, 1.82) is 0 Å². The summed E-state index contributed by atoms with van der Waals surface area (Å²) in [6.07, 6.45) is 3.04. The van der Waals surface area contributed by atoms with Crippen molar-refractivity contribution in [2.75, 3.05) is 39.7 Å². The largest absolute Gasteiger partial charge is 0.484 e. The summed E-state index contributed by atoms with van der Waals surface area (Å²) in [4.78, 5) is 37.6. The quantitative estimate of drug-likeness (QED) is 0.184. The van der Waals surface area contributed by atoms with Crippen LogP contribution in [0.4, 0.5) is 10.6 Å². The monoisotopic (exact) mass is 685 g/mol. The molecule has 13 heteroatoms. The summed E-state index contributed by atoms with van der Waals surface area (Å²) in [7, 11) is 5.60. The van der Waals surface area contributed by atoms with Gasteiger partial charge in [-0.05, 0) is 64.0 Å². The van der Waals surface area contributed by atoms with Gasteiger partial charge >= 0.3 is 6.03 Å². The summed E-state index contributed by atoms with van der Waals surface area (Å²) in [5.74, 6) is 1.34. The maximum atomic E-state index is 13.5. The molecule has 3 amide bonds. The Morgan fingerprint density at radius 3 is 2.36 bits per heavy atom. The number of aromatic nitrogens is 5. The zero-order valence-electron chi connectivity index (χ0n) is 30.9. The summed E-state index contributed by atoms with van der Waals surface area (Å²) in [5, 5.41) is 17.7. The number of urea groups is 1. The van der Waals surface area contributed by atoms with Gasteiger partial charge in [-0.1, -0.05) is 58.9 Å². The third-order valence-electron chi connectivity index (χ3n) is 9.34. The zero-order chi connectivity index (χ0) is 36.4. The number of pyridine rings is 1. The lowest BCUT2D eigenvalue weighted by Crippen LogP contribution is -2.48. The van der Waals surface area contributed by atoms with Crippen LogP contribution >= 0.6 is 0 Å². The Morgan fingerprint density at radius 2 is 1.68 bits per heavy atom. The van der Waals surface area contributed by atoms with Crippen LogP contribution in [-0.4, -0.2) is 81.3 Å². The normalized spacial score (nSPS) is 16.6. The molecule has 0 unspecified atom stereocenters. The third-order valence-corrected chi connectivity index (χ3v) is 9.34. The summed E-state index contributed by atoms with van der Waals surface area (Å²) in [6, 6.07) is 12.8. The summed E-state index contributed by atoms with van der Waals surface area (Å²) >= 11 is 0. The van der Waals surface area contributed by atoms with E-state index in [9.17, 15) is 9.59 Å². The third kappa shape index (κ3) is 8.22. The Hall–Kier alpha value is -4.62. The van der Waals surface area contributed by atoms with Crippen molar-refractivity contribution in [2.24, 2.45) is 0 Å². The van der Waals surface area contributed by atoms with Crippen molar-refractivity contribution in [2.45, 2.75) is 89.8 Å². The molecule has 0 fully saturated rings. The van der Waals surface area contributed by atoms with Crippen LogP contribution in [0.25, 0.3) is 5.65 Å². The number of nitrogens with zero attached hydrogens (tertiary/aromatic N) is 6. The van der Waals surface area contributed by atoms with E-state index in [0.29, 0.717) is 37.4 Å². The first-order valence-corrected chi connectivity index (χ1v) is 17.0. The topological polar surface area (TPSA) is 148 Å². The van der Waals surface area contributed by atoms with Crippen molar-refractivity contribution in [3.05, 3.63) is 77.1 Å². The predicted octanol–water partition coefficient (Wildman–Crippen LogP) is 5.59. The molecule has 1 aliphatic carbocycles. The maximum Gasteiger partial charge on any atom is 0.320 e.